The van der Waals surface area contributed by atoms with Crippen molar-refractivity contribution >= 4 is 12.1 Å². The molecule has 0 radical (unpaired) electrons. The number of hydrogen-bond donors (Lipinski definition) is 3. The number of carbonyl (C=O) groups is 2. The van der Waals surface area contributed by atoms with Crippen LogP contribution in [0.15, 0.2) is 18.5 Å². The molecule has 0 aliphatic heterocycles. The van der Waals surface area contributed by atoms with Gasteiger partial charge < -0.3 is 20.3 Å². The van der Waals surface area contributed by atoms with E-state index in [1.54, 1.807) is 20.8 Å². The first kappa shape index (κ1) is 14.7. The van der Waals surface area contributed by atoms with Crippen molar-refractivity contribution in [3.63, 3.8) is 0 Å². The van der Waals surface area contributed by atoms with Gasteiger partial charge in [0.05, 0.1) is 6.20 Å². The van der Waals surface area contributed by atoms with Crippen molar-refractivity contribution in [2.24, 2.45) is 0 Å². The number of nitrogens with one attached hydrogen (secondary N) is 1. The fourth-order valence-electron chi connectivity index (χ4n) is 1.32. The van der Waals surface area contributed by atoms with Crippen LogP contribution in [0, 0.1) is 0 Å². The van der Waals surface area contributed by atoms with Crippen LogP contribution < -0.4 is 5.32 Å². The fraction of sp³-hybridized carbons (Fsp3) is 0.417. The van der Waals surface area contributed by atoms with Crippen molar-refractivity contribution < 1.29 is 24.5 Å². The molecule has 0 fully saturated rings. The predicted molar refractivity (Wildman–Crippen MR) is 65.6 cm³/mol. The average molecular weight is 268 g/mol. The van der Waals surface area contributed by atoms with Crippen molar-refractivity contribution in [3.8, 4) is 5.75 Å². The van der Waals surface area contributed by atoms with Gasteiger partial charge in [0.15, 0.2) is 6.04 Å². The number of pyridine rings is 1. The molecule has 1 atom stereocenters. The minimum atomic E-state index is -1.34. The molecule has 1 amide bonds. The quantitative estimate of drug-likeness (QED) is 0.765. The Labute approximate surface area is 110 Å². The van der Waals surface area contributed by atoms with Gasteiger partial charge in [-0.05, 0) is 26.8 Å². The third-order valence-corrected chi connectivity index (χ3v) is 1.99. The molecule has 1 unspecified atom stereocenters. The van der Waals surface area contributed by atoms with Crippen molar-refractivity contribution in [2.75, 3.05) is 0 Å². The summed E-state index contributed by atoms with van der Waals surface area (Å²) in [6.45, 7) is 4.99. The molecule has 0 aliphatic rings. The number of aromatic nitrogens is 1. The van der Waals surface area contributed by atoms with Crippen LogP contribution in [0.1, 0.15) is 32.4 Å². The Balaban J connectivity index is 2.85. The van der Waals surface area contributed by atoms with Crippen molar-refractivity contribution in [1.29, 1.82) is 0 Å². The standard InChI is InChI=1S/C12H16N2O5/c1-12(2,3)19-11(18)14-9(10(16)17)7-4-8(15)6-13-5-7/h4-6,9,15H,1-3H3,(H,14,18)(H,16,17). The third-order valence-electron chi connectivity index (χ3n) is 1.99. The lowest BCUT2D eigenvalue weighted by molar-refractivity contribution is -0.139. The summed E-state index contributed by atoms with van der Waals surface area (Å²) in [5, 5.41) is 20.6. The molecule has 0 saturated heterocycles. The minimum absolute atomic E-state index is 0.151. The maximum Gasteiger partial charge on any atom is 0.408 e. The molecule has 1 aromatic heterocycles. The number of alkyl carbamates (subject to hydrolysis) is 1. The summed E-state index contributed by atoms with van der Waals surface area (Å²) in [5.74, 6) is -1.46. The molecule has 1 heterocycles. The molecule has 0 aliphatic carbocycles. The highest BCUT2D eigenvalue weighted by Gasteiger charge is 2.25. The molecule has 104 valence electrons. The fourth-order valence-corrected chi connectivity index (χ4v) is 1.32. The van der Waals surface area contributed by atoms with Crippen molar-refractivity contribution in [1.82, 2.24) is 10.3 Å². The zero-order valence-corrected chi connectivity index (χ0v) is 10.9. The van der Waals surface area contributed by atoms with Crippen LogP contribution in [0.25, 0.3) is 0 Å². The summed E-state index contributed by atoms with van der Waals surface area (Å²) < 4.78 is 4.97. The number of carbonyl (C=O) groups excluding carboxylic acids is 1. The maximum absolute atomic E-state index is 11.6. The van der Waals surface area contributed by atoms with Crippen LogP contribution in [-0.4, -0.2) is 32.9 Å². The van der Waals surface area contributed by atoms with Gasteiger partial charge in [-0.1, -0.05) is 0 Å². The molecule has 1 aromatic rings. The summed E-state index contributed by atoms with van der Waals surface area (Å²) in [6, 6.07) is -0.127. The van der Waals surface area contributed by atoms with Gasteiger partial charge in [0, 0.05) is 11.8 Å². The number of carboxylic acids is 1. The van der Waals surface area contributed by atoms with E-state index in [9.17, 15) is 14.7 Å². The molecule has 0 aromatic carbocycles. The second-order valence-corrected chi connectivity index (χ2v) is 4.89. The topological polar surface area (TPSA) is 109 Å². The number of rotatable bonds is 3. The van der Waals surface area contributed by atoms with Crippen LogP contribution in [0.2, 0.25) is 0 Å². The normalized spacial score (nSPS) is 12.6. The summed E-state index contributed by atoms with van der Waals surface area (Å²) in [4.78, 5) is 26.3. The van der Waals surface area contributed by atoms with Crippen molar-refractivity contribution in [2.45, 2.75) is 32.4 Å². The third kappa shape index (κ3) is 4.82. The van der Waals surface area contributed by atoms with Crippen LogP contribution in [0.3, 0.4) is 0 Å². The van der Waals surface area contributed by atoms with E-state index in [4.69, 9.17) is 9.84 Å². The largest absolute Gasteiger partial charge is 0.506 e. The molecule has 7 heteroatoms. The zero-order valence-electron chi connectivity index (χ0n) is 10.9. The number of amides is 1. The first-order valence-electron chi connectivity index (χ1n) is 5.55. The highest BCUT2D eigenvalue weighted by atomic mass is 16.6. The Morgan fingerprint density at radius 1 is 1.37 bits per heavy atom. The Morgan fingerprint density at radius 2 is 2.00 bits per heavy atom. The monoisotopic (exact) mass is 268 g/mol. The van der Waals surface area contributed by atoms with E-state index in [1.807, 2.05) is 0 Å². The zero-order chi connectivity index (χ0) is 14.6. The van der Waals surface area contributed by atoms with E-state index in [1.165, 1.54) is 12.3 Å². The average Bonchev–Trinajstić information content (AvgIpc) is 2.23. The Bertz CT molecular complexity index is 481. The Morgan fingerprint density at radius 3 is 2.47 bits per heavy atom. The molecule has 7 nitrogen and oxygen atoms in total. The van der Waals surface area contributed by atoms with E-state index >= 15 is 0 Å². The van der Waals surface area contributed by atoms with E-state index in [2.05, 4.69) is 10.3 Å². The van der Waals surface area contributed by atoms with Gasteiger partial charge in [-0.25, -0.2) is 9.59 Å². The van der Waals surface area contributed by atoms with Crippen LogP contribution in [-0.2, 0) is 9.53 Å². The number of carboxylic acid groups (broad SMARTS) is 1. The van der Waals surface area contributed by atoms with Crippen LogP contribution in [0.4, 0.5) is 4.79 Å². The Hall–Kier alpha value is -2.31. The minimum Gasteiger partial charge on any atom is -0.506 e. The van der Waals surface area contributed by atoms with E-state index in [0.29, 0.717) is 0 Å². The molecule has 3 N–H and O–H groups in total. The van der Waals surface area contributed by atoms with Gasteiger partial charge in [0.25, 0.3) is 0 Å². The first-order chi connectivity index (χ1) is 8.69. The van der Waals surface area contributed by atoms with Gasteiger partial charge in [-0.3, -0.25) is 4.98 Å². The highest BCUT2D eigenvalue weighted by molar-refractivity contribution is 5.81. The van der Waals surface area contributed by atoms with Gasteiger partial charge in [-0.2, -0.15) is 0 Å². The number of aliphatic carboxylic acids is 1. The second kappa shape index (κ2) is 5.55. The molecule has 19 heavy (non-hydrogen) atoms. The first-order valence-corrected chi connectivity index (χ1v) is 5.55. The van der Waals surface area contributed by atoms with Crippen LogP contribution >= 0.6 is 0 Å². The number of ether oxygens (including phenoxy) is 1. The van der Waals surface area contributed by atoms with Gasteiger partial charge in [0.2, 0.25) is 0 Å². The number of nitrogens with zero attached hydrogens (tertiary/aromatic N) is 1. The summed E-state index contributed by atoms with van der Waals surface area (Å²) >= 11 is 0. The predicted octanol–water partition coefficient (Wildman–Crippen LogP) is 1.44. The number of aromatic hydroxyl groups is 1. The van der Waals surface area contributed by atoms with E-state index < -0.39 is 23.7 Å². The molecule has 0 bridgehead atoms. The summed E-state index contributed by atoms with van der Waals surface area (Å²) in [6.07, 6.45) is 1.55. The molecular formula is C12H16N2O5. The van der Waals surface area contributed by atoms with Crippen molar-refractivity contribution in [3.05, 3.63) is 24.0 Å². The molecule has 0 spiro atoms. The van der Waals surface area contributed by atoms with E-state index in [-0.39, 0.29) is 11.3 Å². The smallest absolute Gasteiger partial charge is 0.408 e. The lowest BCUT2D eigenvalue weighted by Crippen LogP contribution is -2.38. The summed E-state index contributed by atoms with van der Waals surface area (Å²) in [7, 11) is 0. The van der Waals surface area contributed by atoms with Gasteiger partial charge >= 0.3 is 12.1 Å². The lowest BCUT2D eigenvalue weighted by atomic mass is 10.1. The Kier molecular flexibility index (Phi) is 4.31. The number of hydrogen-bond acceptors (Lipinski definition) is 5. The highest BCUT2D eigenvalue weighted by Crippen LogP contribution is 2.18. The van der Waals surface area contributed by atoms with E-state index in [0.717, 1.165) is 6.20 Å². The van der Waals surface area contributed by atoms with Crippen LogP contribution in [0.5, 0.6) is 5.75 Å². The summed E-state index contributed by atoms with van der Waals surface area (Å²) in [5.41, 5.74) is -0.581. The van der Waals surface area contributed by atoms with Gasteiger partial charge in [-0.15, -0.1) is 0 Å². The van der Waals surface area contributed by atoms with Gasteiger partial charge in [0.1, 0.15) is 11.4 Å². The lowest BCUT2D eigenvalue weighted by Gasteiger charge is -2.22. The molecular weight excluding hydrogens is 252 g/mol. The molecule has 1 rings (SSSR count). The maximum atomic E-state index is 11.6. The second-order valence-electron chi connectivity index (χ2n) is 4.89. The molecule has 0 saturated carbocycles. The SMILES string of the molecule is CC(C)(C)OC(=O)NC(C(=O)O)c1cncc(O)c1.